The number of carbonyl (C=O) groups excluding carboxylic acids is 1. The van der Waals surface area contributed by atoms with E-state index in [-0.39, 0.29) is 19.6 Å². The summed E-state index contributed by atoms with van der Waals surface area (Å²) in [5, 5.41) is 18.6. The lowest BCUT2D eigenvalue weighted by Crippen LogP contribution is -2.54. The zero-order valence-corrected chi connectivity index (χ0v) is 8.89. The van der Waals surface area contributed by atoms with Gasteiger partial charge in [-0.1, -0.05) is 12.7 Å². The number of nitrogens with zero attached hydrogens (tertiary/aromatic N) is 1. The molecule has 16 heavy (non-hydrogen) atoms. The van der Waals surface area contributed by atoms with E-state index in [1.165, 1.54) is 11.0 Å². The highest BCUT2D eigenvalue weighted by molar-refractivity contribution is 5.79. The molecule has 1 heterocycles. The number of likely N-dealkylation sites (tertiary alicyclic amines) is 1. The van der Waals surface area contributed by atoms with Gasteiger partial charge in [0.2, 0.25) is 0 Å². The number of ether oxygens (including phenoxy) is 1. The number of hydrogen-bond donors (Lipinski definition) is 2. The van der Waals surface area contributed by atoms with Crippen LogP contribution in [0, 0.1) is 0 Å². The molecule has 1 fully saturated rings. The second kappa shape index (κ2) is 4.98. The van der Waals surface area contributed by atoms with Crippen LogP contribution in [0.4, 0.5) is 4.79 Å². The maximum atomic E-state index is 11.4. The molecule has 6 heteroatoms. The predicted octanol–water partition coefficient (Wildman–Crippen LogP) is 0.221. The fraction of sp³-hybridized carbons (Fsp3) is 0.600. The second-order valence-electron chi connectivity index (χ2n) is 3.73. The van der Waals surface area contributed by atoms with Gasteiger partial charge in [-0.2, -0.15) is 0 Å². The Bertz CT molecular complexity index is 304. The van der Waals surface area contributed by atoms with Gasteiger partial charge >= 0.3 is 12.1 Å². The van der Waals surface area contributed by atoms with Gasteiger partial charge in [-0.25, -0.2) is 9.59 Å². The van der Waals surface area contributed by atoms with E-state index < -0.39 is 17.7 Å². The average Bonchev–Trinajstić information content (AvgIpc) is 2.25. The normalized spacial score (nSPS) is 24.9. The van der Waals surface area contributed by atoms with Crippen LogP contribution >= 0.6 is 0 Å². The van der Waals surface area contributed by atoms with E-state index in [1.54, 1.807) is 0 Å². The van der Waals surface area contributed by atoms with Crippen LogP contribution in [0.15, 0.2) is 12.7 Å². The lowest BCUT2D eigenvalue weighted by atomic mass is 9.93. The summed E-state index contributed by atoms with van der Waals surface area (Å²) in [7, 11) is 0. The van der Waals surface area contributed by atoms with Gasteiger partial charge < -0.3 is 19.8 Å². The highest BCUT2D eigenvalue weighted by atomic mass is 16.6. The summed E-state index contributed by atoms with van der Waals surface area (Å²) < 4.78 is 4.77. The number of β-amino-alcohol motifs (C(OH)–C–C–N with tert-alkyl or cyclic N) is 1. The van der Waals surface area contributed by atoms with Crippen LogP contribution < -0.4 is 0 Å². The first-order valence-electron chi connectivity index (χ1n) is 4.98. The van der Waals surface area contributed by atoms with Crippen molar-refractivity contribution in [1.29, 1.82) is 0 Å². The SMILES string of the molecule is C=CCOC(=O)N1CCCC(O)(C(=O)O)C1. The highest BCUT2D eigenvalue weighted by Gasteiger charge is 2.42. The number of carbonyl (C=O) groups is 2. The minimum Gasteiger partial charge on any atom is -0.479 e. The Labute approximate surface area is 93.1 Å². The number of carboxylic acids is 1. The van der Waals surface area contributed by atoms with Crippen LogP contribution in [0.3, 0.4) is 0 Å². The van der Waals surface area contributed by atoms with Crippen molar-refractivity contribution in [3.05, 3.63) is 12.7 Å². The second-order valence-corrected chi connectivity index (χ2v) is 3.73. The number of carboxylic acid groups (broad SMARTS) is 1. The van der Waals surface area contributed by atoms with Gasteiger partial charge in [-0.05, 0) is 12.8 Å². The largest absolute Gasteiger partial charge is 0.479 e. The van der Waals surface area contributed by atoms with E-state index in [9.17, 15) is 14.7 Å². The van der Waals surface area contributed by atoms with Crippen LogP contribution in [0.5, 0.6) is 0 Å². The van der Waals surface area contributed by atoms with Crippen molar-refractivity contribution >= 4 is 12.1 Å². The quantitative estimate of drug-likeness (QED) is 0.676. The molecule has 0 spiro atoms. The van der Waals surface area contributed by atoms with E-state index in [0.29, 0.717) is 13.0 Å². The fourth-order valence-electron chi connectivity index (χ4n) is 1.59. The van der Waals surface area contributed by atoms with Crippen LogP contribution in [0.1, 0.15) is 12.8 Å². The number of aliphatic hydroxyl groups is 1. The first-order chi connectivity index (χ1) is 7.49. The number of rotatable bonds is 3. The molecule has 0 saturated carbocycles. The third kappa shape index (κ3) is 2.73. The summed E-state index contributed by atoms with van der Waals surface area (Å²) in [6.07, 6.45) is 1.38. The molecule has 1 atom stereocenters. The Kier molecular flexibility index (Phi) is 3.89. The van der Waals surface area contributed by atoms with E-state index >= 15 is 0 Å². The molecular weight excluding hydrogens is 214 g/mol. The van der Waals surface area contributed by atoms with Gasteiger partial charge in [0.05, 0.1) is 6.54 Å². The third-order valence-corrected chi connectivity index (χ3v) is 2.45. The first-order valence-corrected chi connectivity index (χ1v) is 4.98. The summed E-state index contributed by atoms with van der Waals surface area (Å²) in [6.45, 7) is 3.62. The smallest absolute Gasteiger partial charge is 0.410 e. The van der Waals surface area contributed by atoms with Gasteiger partial charge in [0.1, 0.15) is 6.61 Å². The molecule has 90 valence electrons. The van der Waals surface area contributed by atoms with E-state index in [0.717, 1.165) is 0 Å². The summed E-state index contributed by atoms with van der Waals surface area (Å²) in [6, 6.07) is 0. The average molecular weight is 229 g/mol. The van der Waals surface area contributed by atoms with Gasteiger partial charge in [-0.3, -0.25) is 0 Å². The zero-order valence-electron chi connectivity index (χ0n) is 8.89. The molecule has 0 aromatic heterocycles. The molecule has 1 saturated heterocycles. The van der Waals surface area contributed by atoms with Gasteiger partial charge in [0.25, 0.3) is 0 Å². The lowest BCUT2D eigenvalue weighted by molar-refractivity contribution is -0.163. The molecule has 2 N–H and O–H groups in total. The highest BCUT2D eigenvalue weighted by Crippen LogP contribution is 2.21. The number of piperidine rings is 1. The van der Waals surface area contributed by atoms with Crippen LogP contribution in [0.2, 0.25) is 0 Å². The van der Waals surface area contributed by atoms with Crippen molar-refractivity contribution in [2.75, 3.05) is 19.7 Å². The maximum absolute atomic E-state index is 11.4. The minimum atomic E-state index is -1.86. The maximum Gasteiger partial charge on any atom is 0.410 e. The van der Waals surface area contributed by atoms with Crippen molar-refractivity contribution in [3.63, 3.8) is 0 Å². The molecule has 0 aromatic carbocycles. The Morgan fingerprint density at radius 1 is 1.56 bits per heavy atom. The molecular formula is C10H15NO5. The molecule has 1 aliphatic heterocycles. The molecule has 6 nitrogen and oxygen atoms in total. The lowest BCUT2D eigenvalue weighted by Gasteiger charge is -2.35. The molecule has 1 rings (SSSR count). The summed E-state index contributed by atoms with van der Waals surface area (Å²) >= 11 is 0. The van der Waals surface area contributed by atoms with Gasteiger partial charge in [0, 0.05) is 6.54 Å². The van der Waals surface area contributed by atoms with E-state index in [4.69, 9.17) is 9.84 Å². The van der Waals surface area contributed by atoms with Crippen molar-refractivity contribution in [2.24, 2.45) is 0 Å². The zero-order chi connectivity index (χ0) is 12.2. The fourth-order valence-corrected chi connectivity index (χ4v) is 1.59. The van der Waals surface area contributed by atoms with Crippen LogP contribution in [-0.2, 0) is 9.53 Å². The third-order valence-electron chi connectivity index (χ3n) is 2.45. The Balaban J connectivity index is 2.59. The first kappa shape index (κ1) is 12.5. The molecule has 0 aromatic rings. The van der Waals surface area contributed by atoms with Gasteiger partial charge in [0.15, 0.2) is 5.60 Å². The predicted molar refractivity (Wildman–Crippen MR) is 54.9 cm³/mol. The van der Waals surface area contributed by atoms with E-state index in [2.05, 4.69) is 6.58 Å². The van der Waals surface area contributed by atoms with Gasteiger partial charge in [-0.15, -0.1) is 0 Å². The molecule has 0 bridgehead atoms. The Hall–Kier alpha value is -1.56. The molecule has 1 amide bonds. The van der Waals surface area contributed by atoms with Crippen molar-refractivity contribution in [2.45, 2.75) is 18.4 Å². The summed E-state index contributed by atoms with van der Waals surface area (Å²) in [5.74, 6) is -1.31. The Morgan fingerprint density at radius 2 is 2.25 bits per heavy atom. The number of aliphatic carboxylic acids is 1. The Morgan fingerprint density at radius 3 is 2.81 bits per heavy atom. The number of hydrogen-bond acceptors (Lipinski definition) is 4. The molecule has 0 radical (unpaired) electrons. The monoisotopic (exact) mass is 229 g/mol. The minimum absolute atomic E-state index is 0.0703. The topological polar surface area (TPSA) is 87.1 Å². The van der Waals surface area contributed by atoms with Crippen molar-refractivity contribution < 1.29 is 24.5 Å². The standard InChI is InChI=1S/C10H15NO5/c1-2-6-16-9(14)11-5-3-4-10(15,7-11)8(12)13/h2,15H,1,3-7H2,(H,12,13). The van der Waals surface area contributed by atoms with Crippen molar-refractivity contribution in [1.82, 2.24) is 4.90 Å². The molecule has 0 aliphatic carbocycles. The summed E-state index contributed by atoms with van der Waals surface area (Å²) in [5.41, 5.74) is -1.86. The van der Waals surface area contributed by atoms with Crippen LogP contribution in [-0.4, -0.2) is 52.5 Å². The molecule has 1 aliphatic rings. The molecule has 1 unspecified atom stereocenters. The van der Waals surface area contributed by atoms with E-state index in [1.807, 2.05) is 0 Å². The van der Waals surface area contributed by atoms with Crippen molar-refractivity contribution in [3.8, 4) is 0 Å². The summed E-state index contributed by atoms with van der Waals surface area (Å²) in [4.78, 5) is 23.4. The van der Waals surface area contributed by atoms with Crippen LogP contribution in [0.25, 0.3) is 0 Å². The number of amides is 1.